The molecule has 21 heavy (non-hydrogen) atoms. The molecule has 6 nitrogen and oxygen atoms in total. The number of para-hydroxylation sites is 2. The Kier molecular flexibility index (Phi) is 2.57. The molecule has 1 aliphatic carbocycles. The molecular weight excluding hydrogens is 266 g/mol. The lowest BCUT2D eigenvalue weighted by molar-refractivity contribution is -0.117. The van der Waals surface area contributed by atoms with Gasteiger partial charge in [-0.1, -0.05) is 12.1 Å². The summed E-state index contributed by atoms with van der Waals surface area (Å²) >= 11 is 0. The van der Waals surface area contributed by atoms with Gasteiger partial charge in [-0.2, -0.15) is 5.10 Å². The van der Waals surface area contributed by atoms with E-state index in [0.717, 1.165) is 23.0 Å². The fraction of sp³-hybridized carbons (Fsp3) is 0.267. The van der Waals surface area contributed by atoms with E-state index in [1.165, 1.54) is 0 Å². The molecule has 0 radical (unpaired) electrons. The van der Waals surface area contributed by atoms with Crippen LogP contribution in [0.3, 0.4) is 0 Å². The van der Waals surface area contributed by atoms with Gasteiger partial charge in [0.2, 0.25) is 11.9 Å². The number of fused-ring (bicyclic) bond motifs is 1. The molecular formula is C15H15N5O. The van der Waals surface area contributed by atoms with Gasteiger partial charge in [0.1, 0.15) is 0 Å². The number of hydrogen-bond acceptors (Lipinski definition) is 3. The highest BCUT2D eigenvalue weighted by Crippen LogP contribution is 2.47. The maximum absolute atomic E-state index is 12.2. The number of aromatic nitrogens is 4. The van der Waals surface area contributed by atoms with Gasteiger partial charge in [0.05, 0.1) is 17.2 Å². The van der Waals surface area contributed by atoms with Gasteiger partial charge in [-0.15, -0.1) is 0 Å². The van der Waals surface area contributed by atoms with Crippen LogP contribution >= 0.6 is 0 Å². The summed E-state index contributed by atoms with van der Waals surface area (Å²) in [6.45, 7) is 0. The molecule has 1 aliphatic rings. The van der Waals surface area contributed by atoms with Crippen molar-refractivity contribution in [3.63, 3.8) is 0 Å². The molecule has 1 fully saturated rings. The second kappa shape index (κ2) is 4.44. The van der Waals surface area contributed by atoms with E-state index in [1.807, 2.05) is 43.7 Å². The van der Waals surface area contributed by atoms with Crippen molar-refractivity contribution in [2.45, 2.75) is 12.3 Å². The molecule has 1 saturated carbocycles. The molecule has 0 aliphatic heterocycles. The number of aryl methyl sites for hydroxylation is 1. The van der Waals surface area contributed by atoms with E-state index in [-0.39, 0.29) is 17.7 Å². The molecule has 1 aromatic carbocycles. The van der Waals surface area contributed by atoms with Gasteiger partial charge in [-0.25, -0.2) is 4.98 Å². The van der Waals surface area contributed by atoms with Crippen LogP contribution in [0.2, 0.25) is 0 Å². The Balaban J connectivity index is 1.47. The van der Waals surface area contributed by atoms with E-state index >= 15 is 0 Å². The number of rotatable bonds is 3. The van der Waals surface area contributed by atoms with Crippen LogP contribution in [-0.2, 0) is 11.8 Å². The molecule has 2 aromatic heterocycles. The number of imidazole rings is 1. The first kappa shape index (κ1) is 12.1. The average Bonchev–Trinajstić information content (AvgIpc) is 2.99. The predicted octanol–water partition coefficient (Wildman–Crippen LogP) is 2.04. The van der Waals surface area contributed by atoms with Crippen LogP contribution in [0.5, 0.6) is 0 Å². The average molecular weight is 281 g/mol. The van der Waals surface area contributed by atoms with Gasteiger partial charge in [0, 0.05) is 19.2 Å². The SMILES string of the molecule is Cn1cc([C@H]2C[C@H]2C(=O)Nc2nc3ccccc3[nH]2)cn1. The van der Waals surface area contributed by atoms with E-state index in [1.54, 1.807) is 4.68 Å². The first-order chi connectivity index (χ1) is 10.2. The minimum absolute atomic E-state index is 0.0161. The minimum atomic E-state index is 0.0161. The number of H-pyrrole nitrogens is 1. The van der Waals surface area contributed by atoms with Gasteiger partial charge < -0.3 is 4.98 Å². The second-order valence-electron chi connectivity index (χ2n) is 5.49. The number of carbonyl (C=O) groups is 1. The zero-order chi connectivity index (χ0) is 14.4. The molecule has 0 spiro atoms. The van der Waals surface area contributed by atoms with Gasteiger partial charge in [-0.05, 0) is 30.0 Å². The summed E-state index contributed by atoms with van der Waals surface area (Å²) in [6, 6.07) is 7.71. The van der Waals surface area contributed by atoms with E-state index in [2.05, 4.69) is 20.4 Å². The summed E-state index contributed by atoms with van der Waals surface area (Å²) in [4.78, 5) is 19.7. The number of anilines is 1. The third kappa shape index (κ3) is 2.18. The zero-order valence-corrected chi connectivity index (χ0v) is 11.6. The standard InChI is InChI=1S/C15H15N5O/c1-20-8-9(7-16-20)10-6-11(10)14(21)19-15-17-12-4-2-3-5-13(12)18-15/h2-5,7-8,10-11H,6H2,1H3,(H2,17,18,19,21)/t10-,11-/m1/s1. The summed E-state index contributed by atoms with van der Waals surface area (Å²) in [5, 5.41) is 7.02. The lowest BCUT2D eigenvalue weighted by Crippen LogP contribution is -2.15. The van der Waals surface area contributed by atoms with Crippen molar-refractivity contribution in [1.29, 1.82) is 0 Å². The molecule has 2 heterocycles. The summed E-state index contributed by atoms with van der Waals surface area (Å²) < 4.78 is 1.77. The topological polar surface area (TPSA) is 75.6 Å². The Bertz CT molecular complexity index is 785. The lowest BCUT2D eigenvalue weighted by atomic mass is 10.2. The quantitative estimate of drug-likeness (QED) is 0.771. The number of benzene rings is 1. The van der Waals surface area contributed by atoms with Gasteiger partial charge in [-0.3, -0.25) is 14.8 Å². The Hall–Kier alpha value is -2.63. The molecule has 2 atom stereocenters. The number of hydrogen-bond donors (Lipinski definition) is 2. The van der Waals surface area contributed by atoms with Crippen LogP contribution in [0, 0.1) is 5.92 Å². The molecule has 6 heteroatoms. The first-order valence-corrected chi connectivity index (χ1v) is 6.95. The lowest BCUT2D eigenvalue weighted by Gasteiger charge is -2.00. The van der Waals surface area contributed by atoms with Gasteiger partial charge >= 0.3 is 0 Å². The van der Waals surface area contributed by atoms with Crippen molar-refractivity contribution in [2.24, 2.45) is 13.0 Å². The van der Waals surface area contributed by atoms with Crippen molar-refractivity contribution in [1.82, 2.24) is 19.7 Å². The Morgan fingerprint density at radius 1 is 1.43 bits per heavy atom. The van der Waals surface area contributed by atoms with Gasteiger partial charge in [0.15, 0.2) is 0 Å². The summed E-state index contributed by atoms with van der Waals surface area (Å²) in [5.41, 5.74) is 2.90. The Morgan fingerprint density at radius 2 is 2.29 bits per heavy atom. The molecule has 1 amide bonds. The molecule has 2 N–H and O–H groups in total. The molecule has 4 rings (SSSR count). The first-order valence-electron chi connectivity index (χ1n) is 6.95. The molecule has 0 bridgehead atoms. The van der Waals surface area contributed by atoms with E-state index in [9.17, 15) is 4.79 Å². The van der Waals surface area contributed by atoms with Crippen LogP contribution in [0.1, 0.15) is 17.9 Å². The zero-order valence-electron chi connectivity index (χ0n) is 11.6. The van der Waals surface area contributed by atoms with Crippen LogP contribution in [0.15, 0.2) is 36.7 Å². The monoisotopic (exact) mass is 281 g/mol. The highest BCUT2D eigenvalue weighted by Gasteiger charge is 2.44. The number of nitrogens with zero attached hydrogens (tertiary/aromatic N) is 3. The molecule has 0 saturated heterocycles. The molecule has 106 valence electrons. The predicted molar refractivity (Wildman–Crippen MR) is 78.8 cm³/mol. The highest BCUT2D eigenvalue weighted by atomic mass is 16.2. The summed E-state index contributed by atoms with van der Waals surface area (Å²) in [7, 11) is 1.88. The van der Waals surface area contributed by atoms with E-state index in [4.69, 9.17) is 0 Å². The maximum Gasteiger partial charge on any atom is 0.230 e. The maximum atomic E-state index is 12.2. The normalized spacial score (nSPS) is 20.6. The van der Waals surface area contributed by atoms with Crippen LogP contribution in [0.25, 0.3) is 11.0 Å². The minimum Gasteiger partial charge on any atom is -0.324 e. The number of carbonyl (C=O) groups excluding carboxylic acids is 1. The smallest absolute Gasteiger partial charge is 0.230 e. The van der Waals surface area contributed by atoms with Crippen LogP contribution < -0.4 is 5.32 Å². The van der Waals surface area contributed by atoms with Crippen LogP contribution in [0.4, 0.5) is 5.95 Å². The fourth-order valence-electron chi connectivity index (χ4n) is 2.71. The third-order valence-corrected chi connectivity index (χ3v) is 3.91. The highest BCUT2D eigenvalue weighted by molar-refractivity contribution is 5.95. The van der Waals surface area contributed by atoms with Crippen molar-refractivity contribution in [2.75, 3.05) is 5.32 Å². The van der Waals surface area contributed by atoms with Crippen molar-refractivity contribution >= 4 is 22.9 Å². The number of nitrogens with one attached hydrogen (secondary N) is 2. The number of amides is 1. The fourth-order valence-corrected chi connectivity index (χ4v) is 2.71. The third-order valence-electron chi connectivity index (χ3n) is 3.91. The molecule has 0 unspecified atom stereocenters. The summed E-state index contributed by atoms with van der Waals surface area (Å²) in [5.74, 6) is 0.825. The largest absolute Gasteiger partial charge is 0.324 e. The Labute approximate surface area is 121 Å². The summed E-state index contributed by atoms with van der Waals surface area (Å²) in [6.07, 6.45) is 4.68. The van der Waals surface area contributed by atoms with Gasteiger partial charge in [0.25, 0.3) is 0 Å². The van der Waals surface area contributed by atoms with Crippen molar-refractivity contribution < 1.29 is 4.79 Å². The number of aromatic amines is 1. The molecule has 3 aromatic rings. The van der Waals surface area contributed by atoms with E-state index in [0.29, 0.717) is 5.95 Å². The Morgan fingerprint density at radius 3 is 3.05 bits per heavy atom. The second-order valence-corrected chi connectivity index (χ2v) is 5.49. The van der Waals surface area contributed by atoms with Crippen molar-refractivity contribution in [3.8, 4) is 0 Å². The van der Waals surface area contributed by atoms with Crippen molar-refractivity contribution in [3.05, 3.63) is 42.2 Å². The van der Waals surface area contributed by atoms with E-state index < -0.39 is 0 Å². The van der Waals surface area contributed by atoms with Crippen LogP contribution in [-0.4, -0.2) is 25.7 Å².